The van der Waals surface area contributed by atoms with Gasteiger partial charge in [-0.1, -0.05) is 40.9 Å². The first-order chi connectivity index (χ1) is 16.3. The molecule has 0 radical (unpaired) electrons. The molecular formula is C22H17Cl3N8O. The number of carbonyl (C=O) groups excluding carboxylic acids is 1. The maximum atomic E-state index is 12.9. The third-order valence-electron chi connectivity index (χ3n) is 5.38. The highest BCUT2D eigenvalue weighted by Gasteiger charge is 2.18. The van der Waals surface area contributed by atoms with E-state index in [-0.39, 0.29) is 11.5 Å². The summed E-state index contributed by atoms with van der Waals surface area (Å²) in [6, 6.07) is 8.74. The molecule has 172 valence electrons. The van der Waals surface area contributed by atoms with E-state index in [4.69, 9.17) is 34.8 Å². The van der Waals surface area contributed by atoms with Gasteiger partial charge in [-0.25, -0.2) is 9.50 Å². The Balaban J connectivity index is 1.39. The lowest BCUT2D eigenvalue weighted by Crippen LogP contribution is -2.14. The molecule has 0 bridgehead atoms. The molecule has 34 heavy (non-hydrogen) atoms. The summed E-state index contributed by atoms with van der Waals surface area (Å²) >= 11 is 18.4. The quantitative estimate of drug-likeness (QED) is 0.359. The van der Waals surface area contributed by atoms with Gasteiger partial charge in [0.05, 0.1) is 28.5 Å². The van der Waals surface area contributed by atoms with Gasteiger partial charge in [0.15, 0.2) is 17.2 Å². The highest BCUT2D eigenvalue weighted by molar-refractivity contribution is 6.42. The Hall–Kier alpha value is -3.40. The van der Waals surface area contributed by atoms with Crippen LogP contribution < -0.4 is 5.32 Å². The second-order valence-electron chi connectivity index (χ2n) is 7.62. The van der Waals surface area contributed by atoms with Crippen LogP contribution in [0.4, 0.5) is 5.82 Å². The number of hydrogen-bond donors (Lipinski definition) is 1. The number of amides is 1. The monoisotopic (exact) mass is 514 g/mol. The van der Waals surface area contributed by atoms with Crippen LogP contribution >= 0.6 is 34.8 Å². The number of fused-ring (bicyclic) bond motifs is 1. The third kappa shape index (κ3) is 4.13. The van der Waals surface area contributed by atoms with Gasteiger partial charge in [0.2, 0.25) is 0 Å². The molecule has 0 saturated carbocycles. The van der Waals surface area contributed by atoms with Crippen LogP contribution in [0, 0.1) is 6.92 Å². The van der Waals surface area contributed by atoms with Gasteiger partial charge in [0.25, 0.3) is 5.91 Å². The standard InChI is InChI=1S/C22H17Cl3N8O/c1-12-14(9-27-31(12)2)19-5-6-26-20-8-18(29-33(19)20)22(34)28-21-17(25)11-32(30-21)10-13-3-4-15(23)16(24)7-13/h3-9,11H,10H2,1-2H3,(H,28,30,34). The molecule has 0 aliphatic heterocycles. The Morgan fingerprint density at radius 3 is 2.62 bits per heavy atom. The van der Waals surface area contributed by atoms with Crippen molar-refractivity contribution in [1.82, 2.24) is 34.2 Å². The summed E-state index contributed by atoms with van der Waals surface area (Å²) < 4.78 is 4.99. The fourth-order valence-electron chi connectivity index (χ4n) is 3.52. The number of aromatic nitrogens is 7. The minimum Gasteiger partial charge on any atom is -0.302 e. The average Bonchev–Trinajstić information content (AvgIpc) is 3.48. The molecule has 9 nitrogen and oxygen atoms in total. The Morgan fingerprint density at radius 1 is 1.06 bits per heavy atom. The number of rotatable bonds is 5. The smallest absolute Gasteiger partial charge is 0.277 e. The molecule has 0 atom stereocenters. The van der Waals surface area contributed by atoms with Crippen molar-refractivity contribution in [2.75, 3.05) is 5.32 Å². The molecule has 12 heteroatoms. The number of anilines is 1. The third-order valence-corrected chi connectivity index (χ3v) is 6.39. The Kier molecular flexibility index (Phi) is 5.76. The van der Waals surface area contributed by atoms with Crippen LogP contribution in [0.15, 0.2) is 48.9 Å². The van der Waals surface area contributed by atoms with Gasteiger partial charge in [-0.15, -0.1) is 0 Å². The fraction of sp³-hybridized carbons (Fsp3) is 0.136. The van der Waals surface area contributed by atoms with Gasteiger partial charge >= 0.3 is 0 Å². The molecule has 0 unspecified atom stereocenters. The molecule has 1 aromatic carbocycles. The van der Waals surface area contributed by atoms with E-state index in [0.717, 1.165) is 22.5 Å². The highest BCUT2D eigenvalue weighted by Crippen LogP contribution is 2.26. The molecule has 4 aromatic heterocycles. The first kappa shape index (κ1) is 22.4. The summed E-state index contributed by atoms with van der Waals surface area (Å²) in [5, 5.41) is 17.1. The van der Waals surface area contributed by atoms with E-state index < -0.39 is 5.91 Å². The zero-order valence-corrected chi connectivity index (χ0v) is 20.3. The van der Waals surface area contributed by atoms with Crippen molar-refractivity contribution in [2.24, 2.45) is 7.05 Å². The van der Waals surface area contributed by atoms with Crippen LogP contribution in [0.2, 0.25) is 15.1 Å². The van der Waals surface area contributed by atoms with Crippen molar-refractivity contribution >= 4 is 52.2 Å². The molecule has 0 fully saturated rings. The molecule has 1 N–H and O–H groups in total. The van der Waals surface area contributed by atoms with Gasteiger partial charge in [0.1, 0.15) is 5.02 Å². The summed E-state index contributed by atoms with van der Waals surface area (Å²) in [7, 11) is 1.86. The Labute approximate surface area is 208 Å². The molecule has 1 amide bonds. The van der Waals surface area contributed by atoms with Crippen LogP contribution in [-0.2, 0) is 13.6 Å². The number of carbonyl (C=O) groups is 1. The molecule has 5 rings (SSSR count). The lowest BCUT2D eigenvalue weighted by atomic mass is 10.2. The average molecular weight is 516 g/mol. The Morgan fingerprint density at radius 2 is 1.88 bits per heavy atom. The van der Waals surface area contributed by atoms with E-state index in [1.54, 1.807) is 50.7 Å². The van der Waals surface area contributed by atoms with Crippen LogP contribution in [0.25, 0.3) is 16.9 Å². The van der Waals surface area contributed by atoms with E-state index in [0.29, 0.717) is 27.3 Å². The number of nitrogens with one attached hydrogen (secondary N) is 1. The first-order valence-electron chi connectivity index (χ1n) is 10.1. The number of halogens is 3. The van der Waals surface area contributed by atoms with Gasteiger partial charge in [-0.2, -0.15) is 15.3 Å². The van der Waals surface area contributed by atoms with Crippen molar-refractivity contribution in [3.63, 3.8) is 0 Å². The summed E-state index contributed by atoms with van der Waals surface area (Å²) in [6.07, 6.45) is 5.04. The number of aryl methyl sites for hydroxylation is 1. The topological polar surface area (TPSA) is 94.9 Å². The predicted molar refractivity (Wildman–Crippen MR) is 131 cm³/mol. The van der Waals surface area contributed by atoms with Crippen LogP contribution in [0.1, 0.15) is 21.7 Å². The van der Waals surface area contributed by atoms with Crippen LogP contribution in [0.5, 0.6) is 0 Å². The minimum absolute atomic E-state index is 0.177. The number of nitrogens with zero attached hydrogens (tertiary/aromatic N) is 7. The first-order valence-corrected chi connectivity index (χ1v) is 11.3. The van der Waals surface area contributed by atoms with Gasteiger partial charge < -0.3 is 5.32 Å². The summed E-state index contributed by atoms with van der Waals surface area (Å²) in [6.45, 7) is 2.36. The molecule has 4 heterocycles. The fourth-order valence-corrected chi connectivity index (χ4v) is 4.04. The van der Waals surface area contributed by atoms with E-state index in [1.165, 1.54) is 0 Å². The molecular weight excluding hydrogens is 499 g/mol. The molecule has 0 spiro atoms. The lowest BCUT2D eigenvalue weighted by Gasteiger charge is -2.04. The van der Waals surface area contributed by atoms with Crippen molar-refractivity contribution in [1.29, 1.82) is 0 Å². The SMILES string of the molecule is Cc1c(-c2ccnc3cc(C(=O)Nc4nn(Cc5ccc(Cl)c(Cl)c5)cc4Cl)nn23)cnn1C. The van der Waals surface area contributed by atoms with Crippen LogP contribution in [-0.4, -0.2) is 40.1 Å². The van der Waals surface area contributed by atoms with Crippen molar-refractivity contribution in [3.05, 3.63) is 80.9 Å². The van der Waals surface area contributed by atoms with E-state index in [1.807, 2.05) is 26.1 Å². The molecule has 0 saturated heterocycles. The summed E-state index contributed by atoms with van der Waals surface area (Å²) in [5.41, 5.74) is 4.23. The zero-order valence-electron chi connectivity index (χ0n) is 18.0. The summed E-state index contributed by atoms with van der Waals surface area (Å²) in [5.74, 6) is -0.235. The maximum Gasteiger partial charge on any atom is 0.277 e. The van der Waals surface area contributed by atoms with Crippen molar-refractivity contribution in [3.8, 4) is 11.3 Å². The Bertz CT molecular complexity index is 1550. The molecule has 0 aliphatic rings. The number of benzene rings is 1. The van der Waals surface area contributed by atoms with E-state index >= 15 is 0 Å². The largest absolute Gasteiger partial charge is 0.302 e. The van der Waals surface area contributed by atoms with Gasteiger partial charge in [-0.3, -0.25) is 14.2 Å². The second kappa shape index (κ2) is 8.75. The van der Waals surface area contributed by atoms with E-state index in [9.17, 15) is 4.79 Å². The van der Waals surface area contributed by atoms with Crippen molar-refractivity contribution < 1.29 is 4.79 Å². The van der Waals surface area contributed by atoms with Gasteiger partial charge in [-0.05, 0) is 30.7 Å². The van der Waals surface area contributed by atoms with Gasteiger partial charge in [0, 0.05) is 36.8 Å². The normalized spacial score (nSPS) is 11.3. The molecule has 0 aliphatic carbocycles. The lowest BCUT2D eigenvalue weighted by molar-refractivity contribution is 0.102. The van der Waals surface area contributed by atoms with Crippen LogP contribution in [0.3, 0.4) is 0 Å². The van der Waals surface area contributed by atoms with Crippen molar-refractivity contribution in [2.45, 2.75) is 13.5 Å². The minimum atomic E-state index is -0.457. The zero-order chi connectivity index (χ0) is 24.0. The van der Waals surface area contributed by atoms with E-state index in [2.05, 4.69) is 25.6 Å². The number of hydrogen-bond acceptors (Lipinski definition) is 5. The molecule has 5 aromatic rings. The second-order valence-corrected chi connectivity index (χ2v) is 8.84. The highest BCUT2D eigenvalue weighted by atomic mass is 35.5. The summed E-state index contributed by atoms with van der Waals surface area (Å²) in [4.78, 5) is 17.3. The maximum absolute atomic E-state index is 12.9. The predicted octanol–water partition coefficient (Wildman–Crippen LogP) is 4.90.